The van der Waals surface area contributed by atoms with Gasteiger partial charge in [-0.25, -0.2) is 0 Å². The highest BCUT2D eigenvalue weighted by Gasteiger charge is 2.18. The molecular weight excluding hydrogens is 555 g/mol. The van der Waals surface area contributed by atoms with Crippen molar-refractivity contribution in [2.75, 3.05) is 0 Å². The van der Waals surface area contributed by atoms with Gasteiger partial charge in [0.15, 0.2) is 0 Å². The van der Waals surface area contributed by atoms with Crippen molar-refractivity contribution < 1.29 is 0 Å². The van der Waals surface area contributed by atoms with Crippen LogP contribution in [0.5, 0.6) is 0 Å². The Hall–Kier alpha value is -4.85. The van der Waals surface area contributed by atoms with E-state index in [1.807, 2.05) is 48.6 Å². The normalized spacial score (nSPS) is 12.5. The van der Waals surface area contributed by atoms with Crippen molar-refractivity contribution >= 4 is 94.3 Å². The second kappa shape index (κ2) is 9.34. The first-order valence-corrected chi connectivity index (χ1v) is 14.4. The van der Waals surface area contributed by atoms with E-state index in [9.17, 15) is 0 Å². The van der Waals surface area contributed by atoms with Gasteiger partial charge in [0.2, 0.25) is 0 Å². The van der Waals surface area contributed by atoms with E-state index in [1.165, 1.54) is 16.2 Å². The van der Waals surface area contributed by atoms with Crippen molar-refractivity contribution in [2.45, 2.75) is 10.1 Å². The van der Waals surface area contributed by atoms with Crippen LogP contribution in [0.15, 0.2) is 90.1 Å². The largest absolute Gasteiger partial charge is 0.303 e. The summed E-state index contributed by atoms with van der Waals surface area (Å²) in [6, 6.07) is 20.8. The summed E-state index contributed by atoms with van der Waals surface area (Å²) in [6.45, 7) is 8.15. The molecule has 42 heavy (non-hydrogen) atoms. The molecule has 6 heterocycles. The Morgan fingerprint density at radius 3 is 1.79 bits per heavy atom. The van der Waals surface area contributed by atoms with Crippen molar-refractivity contribution in [3.05, 3.63) is 114 Å². The molecule has 8 rings (SSSR count). The Kier molecular flexibility index (Phi) is 5.54. The molecule has 0 spiro atoms. The van der Waals surface area contributed by atoms with Crippen LogP contribution < -0.4 is 0 Å². The highest BCUT2D eigenvalue weighted by molar-refractivity contribution is 7.80. The molecule has 6 aromatic rings. The number of hydrogen-bond donors (Lipinski definition) is 2. The number of aromatic nitrogens is 5. The van der Waals surface area contributed by atoms with Crippen LogP contribution in [0, 0.1) is 0 Å². The molecule has 0 bridgehead atoms. The standard InChI is InChI=1S/C35H23N5S2/c1-3-23-25-11-5-20-7-17-32(41)39(34(20)25)30(23)15-10-22-9-13-27-28(37-38-29(27)19-36-22)14-16-31-24(4-2)26-12-6-21-8-18-33(42)40(31)35(21)26/h3-19,41-42H,1-2H2/b15-10+,16-14+. The van der Waals surface area contributed by atoms with Crippen molar-refractivity contribution in [1.29, 1.82) is 0 Å². The summed E-state index contributed by atoms with van der Waals surface area (Å²) in [4.78, 5) is 4.70. The van der Waals surface area contributed by atoms with E-state index in [-0.39, 0.29) is 0 Å². The van der Waals surface area contributed by atoms with Crippen LogP contribution in [0.1, 0.15) is 33.9 Å². The molecule has 200 valence electrons. The molecule has 0 fully saturated rings. The Balaban J connectivity index is 1.18. The van der Waals surface area contributed by atoms with Gasteiger partial charge in [-0.3, -0.25) is 4.98 Å². The van der Waals surface area contributed by atoms with Crippen LogP contribution in [0.25, 0.3) is 80.3 Å². The minimum Gasteiger partial charge on any atom is -0.303 e. The first-order chi connectivity index (χ1) is 20.6. The molecule has 0 amide bonds. The third kappa shape index (κ3) is 3.50. The highest BCUT2D eigenvalue weighted by Crippen LogP contribution is 2.37. The van der Waals surface area contributed by atoms with Gasteiger partial charge >= 0.3 is 0 Å². The molecule has 0 N–H and O–H groups in total. The van der Waals surface area contributed by atoms with Crippen molar-refractivity contribution in [3.63, 3.8) is 0 Å². The van der Waals surface area contributed by atoms with Gasteiger partial charge in [-0.2, -0.15) is 0 Å². The minimum absolute atomic E-state index is 0.726. The van der Waals surface area contributed by atoms with Crippen LogP contribution >= 0.6 is 25.3 Å². The Labute approximate surface area is 252 Å². The molecule has 0 radical (unpaired) electrons. The average Bonchev–Trinajstić information content (AvgIpc) is 3.79. The lowest BCUT2D eigenvalue weighted by Crippen LogP contribution is -1.91. The van der Waals surface area contributed by atoms with Gasteiger partial charge in [0.05, 0.1) is 50.1 Å². The Morgan fingerprint density at radius 1 is 0.619 bits per heavy atom. The number of fused-ring (bicyclic) bond motifs is 1. The fourth-order valence-electron chi connectivity index (χ4n) is 6.15. The van der Waals surface area contributed by atoms with Gasteiger partial charge in [-0.1, -0.05) is 61.7 Å². The number of thiol groups is 2. The minimum atomic E-state index is 0.726. The van der Waals surface area contributed by atoms with E-state index >= 15 is 0 Å². The predicted molar refractivity (Wildman–Crippen MR) is 181 cm³/mol. The second-order valence-corrected chi connectivity index (χ2v) is 11.1. The molecule has 2 aromatic carbocycles. The van der Waals surface area contributed by atoms with Gasteiger partial charge in [-0.05, 0) is 59.3 Å². The smallest absolute Gasteiger partial charge is 0.113 e. The molecule has 2 aliphatic heterocycles. The monoisotopic (exact) mass is 577 g/mol. The summed E-state index contributed by atoms with van der Waals surface area (Å²) in [5.41, 5.74) is 9.69. The van der Waals surface area contributed by atoms with Gasteiger partial charge < -0.3 is 8.80 Å². The van der Waals surface area contributed by atoms with E-state index in [1.54, 1.807) is 6.20 Å². The number of rotatable bonds is 6. The summed E-state index contributed by atoms with van der Waals surface area (Å²) in [6.07, 6.45) is 13.7. The van der Waals surface area contributed by atoms with E-state index in [0.29, 0.717) is 0 Å². The molecule has 0 aliphatic carbocycles. The van der Waals surface area contributed by atoms with Crippen molar-refractivity contribution in [2.24, 2.45) is 0 Å². The van der Waals surface area contributed by atoms with Crippen LogP contribution in [-0.4, -0.2) is 24.0 Å². The quantitative estimate of drug-likeness (QED) is 0.194. The summed E-state index contributed by atoms with van der Waals surface area (Å²) in [7, 11) is 0. The van der Waals surface area contributed by atoms with Gasteiger partial charge in [0.25, 0.3) is 0 Å². The first kappa shape index (κ1) is 24.9. The molecule has 0 saturated carbocycles. The SMILES string of the molecule is C=Cc1c(/C=C/c2ccc3c(/C=C/c4c(C=C)c5ccc6ccc(S)n4c65)nnc-3cn2)n2c(S)ccc3ccc1c32. The summed E-state index contributed by atoms with van der Waals surface area (Å²) in [5.74, 6) is 0. The van der Waals surface area contributed by atoms with Crippen LogP contribution in [0.4, 0.5) is 0 Å². The third-order valence-electron chi connectivity index (χ3n) is 8.05. The second-order valence-electron chi connectivity index (χ2n) is 10.2. The Morgan fingerprint density at radius 2 is 1.19 bits per heavy atom. The maximum atomic E-state index is 4.75. The zero-order valence-corrected chi connectivity index (χ0v) is 24.1. The van der Waals surface area contributed by atoms with Gasteiger partial charge in [0.1, 0.15) is 5.69 Å². The fraction of sp³-hybridized carbons (Fsp3) is 0. The Bertz CT molecular complexity index is 2370. The molecule has 0 unspecified atom stereocenters. The maximum absolute atomic E-state index is 4.75. The highest BCUT2D eigenvalue weighted by atomic mass is 32.1. The van der Waals surface area contributed by atoms with Crippen LogP contribution in [0.2, 0.25) is 0 Å². The topological polar surface area (TPSA) is 47.5 Å². The number of nitrogens with zero attached hydrogens (tertiary/aromatic N) is 5. The lowest BCUT2D eigenvalue weighted by Gasteiger charge is -2.04. The number of pyridine rings is 2. The third-order valence-corrected chi connectivity index (χ3v) is 8.75. The van der Waals surface area contributed by atoms with Crippen molar-refractivity contribution in [1.82, 2.24) is 24.0 Å². The van der Waals surface area contributed by atoms with E-state index in [0.717, 1.165) is 71.6 Å². The molecular formula is C35H23N5S2. The maximum Gasteiger partial charge on any atom is 0.113 e. The number of hydrogen-bond acceptors (Lipinski definition) is 5. The molecule has 0 saturated heterocycles. The molecule has 2 aliphatic rings. The van der Waals surface area contributed by atoms with Crippen LogP contribution in [0.3, 0.4) is 0 Å². The zero-order valence-electron chi connectivity index (χ0n) is 22.4. The fourth-order valence-corrected chi connectivity index (χ4v) is 6.71. The van der Waals surface area contributed by atoms with Crippen molar-refractivity contribution in [3.8, 4) is 11.3 Å². The zero-order chi connectivity index (χ0) is 28.5. The summed E-state index contributed by atoms with van der Waals surface area (Å²) >= 11 is 9.49. The molecule has 4 aromatic heterocycles. The summed E-state index contributed by atoms with van der Waals surface area (Å²) in [5, 5.41) is 15.3. The lowest BCUT2D eigenvalue weighted by molar-refractivity contribution is 1.03. The molecule has 5 nitrogen and oxygen atoms in total. The van der Waals surface area contributed by atoms with E-state index < -0.39 is 0 Å². The molecule has 0 atom stereocenters. The lowest BCUT2D eigenvalue weighted by atomic mass is 10.1. The van der Waals surface area contributed by atoms with Gasteiger partial charge in [-0.15, -0.1) is 35.5 Å². The van der Waals surface area contributed by atoms with Gasteiger partial charge in [0, 0.05) is 27.5 Å². The summed E-state index contributed by atoms with van der Waals surface area (Å²) < 4.78 is 4.32. The molecule has 7 heteroatoms. The average molecular weight is 578 g/mol. The van der Waals surface area contributed by atoms with E-state index in [4.69, 9.17) is 30.2 Å². The predicted octanol–water partition coefficient (Wildman–Crippen LogP) is 8.87. The van der Waals surface area contributed by atoms with Crippen LogP contribution in [-0.2, 0) is 0 Å². The van der Waals surface area contributed by atoms with E-state index in [2.05, 4.69) is 80.7 Å². The first-order valence-electron chi connectivity index (χ1n) is 13.5.